The van der Waals surface area contributed by atoms with Crippen LogP contribution in [-0.4, -0.2) is 26.8 Å². The zero-order valence-corrected chi connectivity index (χ0v) is 18.7. The lowest BCUT2D eigenvalue weighted by atomic mass is 10.1. The SMILES string of the molecule is CC(=O)Nc1ccc(C(=O)Nc2cccc(-c3ccc(-c4nc5ccc(F)cc5[nH]4)s3)c2)cn1. The number of aromatic nitrogens is 3. The largest absolute Gasteiger partial charge is 0.337 e. The number of carbonyl (C=O) groups excluding carboxylic acids is 2. The summed E-state index contributed by atoms with van der Waals surface area (Å²) in [5.74, 6) is 0.214. The molecule has 2 aromatic carbocycles. The molecule has 5 rings (SSSR count). The first-order valence-corrected chi connectivity index (χ1v) is 11.2. The van der Waals surface area contributed by atoms with Gasteiger partial charge >= 0.3 is 0 Å². The summed E-state index contributed by atoms with van der Waals surface area (Å²) in [7, 11) is 0. The maximum atomic E-state index is 13.5. The summed E-state index contributed by atoms with van der Waals surface area (Å²) in [6.07, 6.45) is 1.41. The van der Waals surface area contributed by atoms with E-state index in [4.69, 9.17) is 0 Å². The maximum Gasteiger partial charge on any atom is 0.257 e. The van der Waals surface area contributed by atoms with E-state index >= 15 is 0 Å². The molecule has 9 heteroatoms. The minimum Gasteiger partial charge on any atom is -0.337 e. The molecule has 2 amide bonds. The van der Waals surface area contributed by atoms with Crippen molar-refractivity contribution in [3.8, 4) is 21.1 Å². The van der Waals surface area contributed by atoms with Gasteiger partial charge < -0.3 is 15.6 Å². The lowest BCUT2D eigenvalue weighted by molar-refractivity contribution is -0.114. The number of hydrogen-bond donors (Lipinski definition) is 3. The number of carbonyl (C=O) groups is 2. The molecule has 3 aromatic heterocycles. The molecule has 168 valence electrons. The molecule has 0 aliphatic carbocycles. The average Bonchev–Trinajstić information content (AvgIpc) is 3.46. The number of aromatic amines is 1. The first kappa shape index (κ1) is 21.5. The Hall–Kier alpha value is -4.37. The Morgan fingerprint density at radius 3 is 2.62 bits per heavy atom. The van der Waals surface area contributed by atoms with Crippen LogP contribution in [0.2, 0.25) is 0 Å². The second-order valence-electron chi connectivity index (χ2n) is 7.56. The van der Waals surface area contributed by atoms with Gasteiger partial charge in [0.1, 0.15) is 17.5 Å². The van der Waals surface area contributed by atoms with Crippen molar-refractivity contribution in [2.75, 3.05) is 10.6 Å². The highest BCUT2D eigenvalue weighted by Crippen LogP contribution is 2.35. The summed E-state index contributed by atoms with van der Waals surface area (Å²) in [5, 5.41) is 5.44. The molecule has 7 nitrogen and oxygen atoms in total. The van der Waals surface area contributed by atoms with E-state index in [1.54, 1.807) is 29.5 Å². The smallest absolute Gasteiger partial charge is 0.257 e. The third kappa shape index (κ3) is 4.55. The standard InChI is InChI=1S/C25H18FN5O2S/c1-14(32)28-23-10-5-16(13-27-23)25(33)29-18-4-2-3-15(11-18)21-8-9-22(34-21)24-30-19-7-6-17(26)12-20(19)31-24/h2-13H,1H3,(H,29,33)(H,30,31)(H,27,28,32). The highest BCUT2D eigenvalue weighted by molar-refractivity contribution is 7.18. The van der Waals surface area contributed by atoms with Crippen LogP contribution in [0.15, 0.2) is 72.9 Å². The summed E-state index contributed by atoms with van der Waals surface area (Å²) < 4.78 is 13.5. The molecule has 0 radical (unpaired) electrons. The van der Waals surface area contributed by atoms with Crippen LogP contribution < -0.4 is 10.6 Å². The van der Waals surface area contributed by atoms with E-state index in [0.717, 1.165) is 15.3 Å². The highest BCUT2D eigenvalue weighted by atomic mass is 32.1. The third-order valence-corrected chi connectivity index (χ3v) is 6.16. The number of hydrogen-bond acceptors (Lipinski definition) is 5. The highest BCUT2D eigenvalue weighted by Gasteiger charge is 2.12. The number of nitrogens with one attached hydrogen (secondary N) is 3. The monoisotopic (exact) mass is 471 g/mol. The van der Waals surface area contributed by atoms with Gasteiger partial charge in [-0.25, -0.2) is 14.4 Å². The van der Waals surface area contributed by atoms with Gasteiger partial charge in [0, 0.05) is 23.7 Å². The second-order valence-corrected chi connectivity index (χ2v) is 8.64. The molecule has 3 N–H and O–H groups in total. The van der Waals surface area contributed by atoms with Gasteiger partial charge in [-0.3, -0.25) is 9.59 Å². The van der Waals surface area contributed by atoms with E-state index in [1.807, 2.05) is 36.4 Å². The van der Waals surface area contributed by atoms with E-state index in [-0.39, 0.29) is 17.6 Å². The van der Waals surface area contributed by atoms with Gasteiger partial charge in [0.2, 0.25) is 5.91 Å². The van der Waals surface area contributed by atoms with Crippen LogP contribution in [-0.2, 0) is 4.79 Å². The maximum absolute atomic E-state index is 13.5. The number of rotatable bonds is 5. The predicted molar refractivity (Wildman–Crippen MR) is 131 cm³/mol. The van der Waals surface area contributed by atoms with Gasteiger partial charge in [0.05, 0.1) is 21.5 Å². The van der Waals surface area contributed by atoms with Gasteiger partial charge in [-0.2, -0.15) is 0 Å². The molecule has 0 fully saturated rings. The van der Waals surface area contributed by atoms with Gasteiger partial charge in [0.25, 0.3) is 5.91 Å². The van der Waals surface area contributed by atoms with E-state index in [1.165, 1.54) is 25.3 Å². The number of thiophene rings is 1. The molecule has 3 heterocycles. The Balaban J connectivity index is 1.33. The number of H-pyrrole nitrogens is 1. The Kier molecular flexibility index (Phi) is 5.60. The van der Waals surface area contributed by atoms with Crippen LogP contribution in [0.25, 0.3) is 32.2 Å². The van der Waals surface area contributed by atoms with Crippen LogP contribution in [0.4, 0.5) is 15.9 Å². The number of benzene rings is 2. The second kappa shape index (κ2) is 8.87. The summed E-state index contributed by atoms with van der Waals surface area (Å²) in [4.78, 5) is 37.4. The molecule has 0 unspecified atom stereocenters. The molecule has 0 aliphatic heterocycles. The summed E-state index contributed by atoms with van der Waals surface area (Å²) >= 11 is 1.54. The van der Waals surface area contributed by atoms with Crippen molar-refractivity contribution >= 4 is 45.7 Å². The van der Waals surface area contributed by atoms with Crippen molar-refractivity contribution in [3.05, 3.63) is 84.3 Å². The number of anilines is 2. The number of pyridine rings is 1. The Morgan fingerprint density at radius 1 is 0.971 bits per heavy atom. The molecule has 5 aromatic rings. The molecule has 0 atom stereocenters. The van der Waals surface area contributed by atoms with Gasteiger partial charge in [-0.1, -0.05) is 12.1 Å². The minimum atomic E-state index is -0.312. The van der Waals surface area contributed by atoms with Crippen molar-refractivity contribution in [2.45, 2.75) is 6.92 Å². The molecular weight excluding hydrogens is 453 g/mol. The predicted octanol–water partition coefficient (Wildman–Crippen LogP) is 5.70. The number of imidazole rings is 1. The van der Waals surface area contributed by atoms with E-state index in [2.05, 4.69) is 25.6 Å². The first-order valence-electron chi connectivity index (χ1n) is 10.4. The van der Waals surface area contributed by atoms with Crippen LogP contribution in [0.1, 0.15) is 17.3 Å². The minimum absolute atomic E-state index is 0.229. The third-order valence-electron chi connectivity index (χ3n) is 5.02. The van der Waals surface area contributed by atoms with E-state index in [9.17, 15) is 14.0 Å². The molecule has 34 heavy (non-hydrogen) atoms. The van der Waals surface area contributed by atoms with Gasteiger partial charge in [-0.15, -0.1) is 11.3 Å². The Bertz CT molecular complexity index is 1520. The van der Waals surface area contributed by atoms with E-state index < -0.39 is 0 Å². The van der Waals surface area contributed by atoms with Gasteiger partial charge in [0.15, 0.2) is 0 Å². The van der Waals surface area contributed by atoms with Crippen LogP contribution in [0.3, 0.4) is 0 Å². The summed E-state index contributed by atoms with van der Waals surface area (Å²) in [5.41, 5.74) is 3.31. The number of nitrogens with zero attached hydrogens (tertiary/aromatic N) is 2. The molecule has 0 saturated carbocycles. The number of amides is 2. The Labute approximate surface area is 197 Å². The zero-order valence-electron chi connectivity index (χ0n) is 17.9. The topological polar surface area (TPSA) is 99.8 Å². The molecule has 0 bridgehead atoms. The molecule has 0 saturated heterocycles. The summed E-state index contributed by atoms with van der Waals surface area (Å²) in [6.45, 7) is 1.39. The van der Waals surface area contributed by atoms with Crippen molar-refractivity contribution in [1.82, 2.24) is 15.0 Å². The van der Waals surface area contributed by atoms with E-state index in [0.29, 0.717) is 33.9 Å². The number of halogens is 1. The summed E-state index contributed by atoms with van der Waals surface area (Å²) in [6, 6.07) is 19.1. The lowest BCUT2D eigenvalue weighted by Crippen LogP contribution is -2.13. The lowest BCUT2D eigenvalue weighted by Gasteiger charge is -2.07. The fraction of sp³-hybridized carbons (Fsp3) is 0.0400. The normalized spacial score (nSPS) is 10.9. The first-order chi connectivity index (χ1) is 16.4. The van der Waals surface area contributed by atoms with Crippen LogP contribution >= 0.6 is 11.3 Å². The zero-order chi connectivity index (χ0) is 23.7. The number of fused-ring (bicyclic) bond motifs is 1. The quantitative estimate of drug-likeness (QED) is 0.306. The molecule has 0 aliphatic rings. The molecule has 0 spiro atoms. The fourth-order valence-electron chi connectivity index (χ4n) is 3.45. The van der Waals surface area contributed by atoms with Crippen molar-refractivity contribution in [2.24, 2.45) is 0 Å². The van der Waals surface area contributed by atoms with Crippen molar-refractivity contribution < 1.29 is 14.0 Å². The Morgan fingerprint density at radius 2 is 1.82 bits per heavy atom. The van der Waals surface area contributed by atoms with Crippen LogP contribution in [0, 0.1) is 5.82 Å². The van der Waals surface area contributed by atoms with Crippen molar-refractivity contribution in [3.63, 3.8) is 0 Å². The van der Waals surface area contributed by atoms with Gasteiger partial charge in [-0.05, 0) is 60.2 Å². The van der Waals surface area contributed by atoms with Crippen LogP contribution in [0.5, 0.6) is 0 Å². The van der Waals surface area contributed by atoms with Crippen molar-refractivity contribution in [1.29, 1.82) is 0 Å². The average molecular weight is 472 g/mol. The fourth-order valence-corrected chi connectivity index (χ4v) is 4.40. The molecular formula is C25H18FN5O2S.